The maximum absolute atomic E-state index is 13.3. The number of benzene rings is 2. The molecule has 1 aliphatic rings. The molecule has 2 aromatic carbocycles. The van der Waals surface area contributed by atoms with Crippen LogP contribution in [0.5, 0.6) is 0 Å². The van der Waals surface area contributed by atoms with Gasteiger partial charge in [0.25, 0.3) is 0 Å². The number of nitrogens with zero attached hydrogens (tertiary/aromatic N) is 1. The molecule has 154 valence electrons. The van der Waals surface area contributed by atoms with Crippen molar-refractivity contribution in [2.45, 2.75) is 32.2 Å². The first-order valence-corrected chi connectivity index (χ1v) is 9.82. The lowest BCUT2D eigenvalue weighted by Gasteiger charge is -2.32. The van der Waals surface area contributed by atoms with Crippen LogP contribution >= 0.6 is 0 Å². The Kier molecular flexibility index (Phi) is 7.16. The Hall–Kier alpha value is -2.96. The second kappa shape index (κ2) is 10.0. The molecule has 2 aromatic rings. The summed E-state index contributed by atoms with van der Waals surface area (Å²) >= 11 is 0. The summed E-state index contributed by atoms with van der Waals surface area (Å²) in [5.74, 6) is -0.511. The second-order valence-corrected chi connectivity index (χ2v) is 7.34. The van der Waals surface area contributed by atoms with E-state index in [1.165, 1.54) is 24.3 Å². The molecular formula is C22H25F2N3O2. The van der Waals surface area contributed by atoms with Crippen molar-refractivity contribution in [2.75, 3.05) is 18.4 Å². The average Bonchev–Trinajstić information content (AvgIpc) is 2.72. The number of piperidine rings is 1. The van der Waals surface area contributed by atoms with Gasteiger partial charge in [0.1, 0.15) is 11.6 Å². The summed E-state index contributed by atoms with van der Waals surface area (Å²) in [7, 11) is 0. The van der Waals surface area contributed by atoms with Crippen LogP contribution in [0.25, 0.3) is 0 Å². The number of halogens is 2. The zero-order valence-electron chi connectivity index (χ0n) is 16.2. The molecule has 1 fully saturated rings. The van der Waals surface area contributed by atoms with E-state index >= 15 is 0 Å². The van der Waals surface area contributed by atoms with Crippen LogP contribution in [-0.4, -0.2) is 29.9 Å². The zero-order valence-corrected chi connectivity index (χ0v) is 16.2. The van der Waals surface area contributed by atoms with Gasteiger partial charge in [-0.1, -0.05) is 18.2 Å². The first-order chi connectivity index (χ1) is 14.0. The van der Waals surface area contributed by atoms with Gasteiger partial charge in [-0.25, -0.2) is 13.6 Å². The van der Waals surface area contributed by atoms with Gasteiger partial charge in [0.15, 0.2) is 0 Å². The van der Waals surface area contributed by atoms with Crippen LogP contribution in [0.4, 0.5) is 19.3 Å². The molecule has 1 aliphatic heterocycles. The highest BCUT2D eigenvalue weighted by molar-refractivity contribution is 5.89. The third kappa shape index (κ3) is 6.55. The van der Waals surface area contributed by atoms with Crippen LogP contribution in [0, 0.1) is 17.6 Å². The summed E-state index contributed by atoms with van der Waals surface area (Å²) in [6.45, 7) is 1.59. The Morgan fingerprint density at radius 2 is 1.86 bits per heavy atom. The number of carbonyl (C=O) groups excluding carboxylic acids is 2. The number of urea groups is 1. The molecule has 0 saturated carbocycles. The molecule has 1 atom stereocenters. The molecular weight excluding hydrogens is 376 g/mol. The zero-order chi connectivity index (χ0) is 20.6. The highest BCUT2D eigenvalue weighted by atomic mass is 19.1. The Labute approximate surface area is 169 Å². The normalized spacial score (nSPS) is 16.3. The van der Waals surface area contributed by atoms with E-state index < -0.39 is 5.82 Å². The van der Waals surface area contributed by atoms with Crippen LogP contribution in [-0.2, 0) is 11.3 Å². The number of carbonyl (C=O) groups is 2. The molecule has 0 aliphatic carbocycles. The fourth-order valence-corrected chi connectivity index (χ4v) is 3.48. The van der Waals surface area contributed by atoms with E-state index in [-0.39, 0.29) is 23.7 Å². The number of amides is 3. The van der Waals surface area contributed by atoms with Crippen LogP contribution in [0.2, 0.25) is 0 Å². The number of likely N-dealkylation sites (tertiary alicyclic amines) is 1. The quantitative estimate of drug-likeness (QED) is 0.758. The van der Waals surface area contributed by atoms with Gasteiger partial charge in [-0.2, -0.15) is 0 Å². The monoisotopic (exact) mass is 401 g/mol. The fourth-order valence-electron chi connectivity index (χ4n) is 3.48. The maximum atomic E-state index is 13.3. The molecule has 0 bridgehead atoms. The van der Waals surface area contributed by atoms with Gasteiger partial charge in [-0.05, 0) is 61.1 Å². The van der Waals surface area contributed by atoms with Gasteiger partial charge in [0.2, 0.25) is 5.91 Å². The van der Waals surface area contributed by atoms with Crippen LogP contribution in [0.1, 0.15) is 31.2 Å². The van der Waals surface area contributed by atoms with Crippen LogP contribution in [0.3, 0.4) is 0 Å². The fraction of sp³-hybridized carbons (Fsp3) is 0.364. The van der Waals surface area contributed by atoms with E-state index in [4.69, 9.17) is 0 Å². The topological polar surface area (TPSA) is 61.4 Å². The summed E-state index contributed by atoms with van der Waals surface area (Å²) in [4.78, 5) is 26.3. The van der Waals surface area contributed by atoms with Crippen molar-refractivity contribution < 1.29 is 18.4 Å². The Balaban J connectivity index is 1.41. The minimum absolute atomic E-state index is 0.0596. The Morgan fingerprint density at radius 3 is 2.62 bits per heavy atom. The number of nitrogens with one attached hydrogen (secondary N) is 2. The first kappa shape index (κ1) is 20.8. The molecule has 3 rings (SSSR count). The molecule has 0 radical (unpaired) electrons. The van der Waals surface area contributed by atoms with Crippen molar-refractivity contribution in [1.29, 1.82) is 0 Å². The smallest absolute Gasteiger partial charge is 0.321 e. The predicted octanol–water partition coefficient (Wildman–Crippen LogP) is 4.31. The maximum Gasteiger partial charge on any atom is 0.321 e. The molecule has 5 nitrogen and oxygen atoms in total. The lowest BCUT2D eigenvalue weighted by Crippen LogP contribution is -2.42. The van der Waals surface area contributed by atoms with Gasteiger partial charge in [0, 0.05) is 31.7 Å². The van der Waals surface area contributed by atoms with Crippen molar-refractivity contribution >= 4 is 17.6 Å². The highest BCUT2D eigenvalue weighted by Gasteiger charge is 2.24. The number of hydrogen-bond donors (Lipinski definition) is 2. The van der Waals surface area contributed by atoms with Gasteiger partial charge in [0.05, 0.1) is 0 Å². The minimum atomic E-state index is -0.397. The van der Waals surface area contributed by atoms with E-state index in [0.29, 0.717) is 38.2 Å². The summed E-state index contributed by atoms with van der Waals surface area (Å²) < 4.78 is 26.2. The Morgan fingerprint density at radius 1 is 1.07 bits per heavy atom. The van der Waals surface area contributed by atoms with E-state index in [1.54, 1.807) is 29.2 Å². The number of rotatable bonds is 6. The van der Waals surface area contributed by atoms with E-state index in [1.807, 2.05) is 0 Å². The molecule has 0 aromatic heterocycles. The van der Waals surface area contributed by atoms with Gasteiger partial charge < -0.3 is 15.5 Å². The standard InChI is InChI=1S/C22H25F2N3O2/c23-18-9-6-16(7-10-18)14-25-21(28)11-8-17-3-2-12-27(15-17)22(29)26-20-5-1-4-19(24)13-20/h1,4-7,9-10,13,17H,2-3,8,11-12,14-15H2,(H,25,28)(H,26,29)/t17-/m0/s1. The average molecular weight is 401 g/mol. The van der Waals surface area contributed by atoms with Crippen LogP contribution in [0.15, 0.2) is 48.5 Å². The van der Waals surface area contributed by atoms with Crippen molar-refractivity contribution in [3.63, 3.8) is 0 Å². The molecule has 1 saturated heterocycles. The second-order valence-electron chi connectivity index (χ2n) is 7.34. The molecule has 0 spiro atoms. The Bertz CT molecular complexity index is 842. The van der Waals surface area contributed by atoms with Gasteiger partial charge in [-0.3, -0.25) is 4.79 Å². The summed E-state index contributed by atoms with van der Waals surface area (Å²) in [5.41, 5.74) is 1.27. The molecule has 7 heteroatoms. The van der Waals surface area contributed by atoms with Crippen molar-refractivity contribution in [2.24, 2.45) is 5.92 Å². The summed E-state index contributed by atoms with van der Waals surface area (Å²) in [6.07, 6.45) is 2.91. The molecule has 2 N–H and O–H groups in total. The largest absolute Gasteiger partial charge is 0.352 e. The first-order valence-electron chi connectivity index (χ1n) is 9.82. The molecule has 1 heterocycles. The van der Waals surface area contributed by atoms with Crippen molar-refractivity contribution in [3.8, 4) is 0 Å². The van der Waals surface area contributed by atoms with E-state index in [0.717, 1.165) is 18.4 Å². The van der Waals surface area contributed by atoms with Gasteiger partial charge >= 0.3 is 6.03 Å². The lowest BCUT2D eigenvalue weighted by atomic mass is 9.93. The number of hydrogen-bond acceptors (Lipinski definition) is 2. The van der Waals surface area contributed by atoms with Crippen molar-refractivity contribution in [3.05, 3.63) is 65.7 Å². The lowest BCUT2D eigenvalue weighted by molar-refractivity contribution is -0.121. The molecule has 29 heavy (non-hydrogen) atoms. The number of anilines is 1. The SMILES string of the molecule is O=C(CC[C@@H]1CCCN(C(=O)Nc2cccc(F)c2)C1)NCc1ccc(F)cc1. The molecule has 0 unspecified atom stereocenters. The molecule has 3 amide bonds. The summed E-state index contributed by atoms with van der Waals surface area (Å²) in [6, 6.07) is 11.6. The van der Waals surface area contributed by atoms with Crippen molar-refractivity contribution in [1.82, 2.24) is 10.2 Å². The van der Waals surface area contributed by atoms with Crippen LogP contribution < -0.4 is 10.6 Å². The van der Waals surface area contributed by atoms with E-state index in [2.05, 4.69) is 10.6 Å². The minimum Gasteiger partial charge on any atom is -0.352 e. The summed E-state index contributed by atoms with van der Waals surface area (Å²) in [5, 5.41) is 5.56. The highest BCUT2D eigenvalue weighted by Crippen LogP contribution is 2.22. The van der Waals surface area contributed by atoms with E-state index in [9.17, 15) is 18.4 Å². The third-order valence-electron chi connectivity index (χ3n) is 5.06. The van der Waals surface area contributed by atoms with Gasteiger partial charge in [-0.15, -0.1) is 0 Å². The third-order valence-corrected chi connectivity index (χ3v) is 5.06. The predicted molar refractivity (Wildman–Crippen MR) is 107 cm³/mol.